The minimum Gasteiger partial charge on any atom is -0.296 e. The van der Waals surface area contributed by atoms with Gasteiger partial charge >= 0.3 is 0 Å². The summed E-state index contributed by atoms with van der Waals surface area (Å²) in [4.78, 5) is 23.0. The number of nitrogens with zero attached hydrogens (tertiary/aromatic N) is 3. The van der Waals surface area contributed by atoms with Crippen molar-refractivity contribution in [3.8, 4) is 0 Å². The highest BCUT2D eigenvalue weighted by molar-refractivity contribution is 6.02. The van der Waals surface area contributed by atoms with Crippen molar-refractivity contribution < 1.29 is 9.59 Å². The van der Waals surface area contributed by atoms with E-state index in [0.717, 1.165) is 5.39 Å². The van der Waals surface area contributed by atoms with Crippen molar-refractivity contribution in [3.05, 3.63) is 30.0 Å². The van der Waals surface area contributed by atoms with Crippen LogP contribution in [0.3, 0.4) is 0 Å². The van der Waals surface area contributed by atoms with E-state index in [4.69, 9.17) is 0 Å². The molecule has 3 rings (SSSR count). The molecule has 1 aromatic carbocycles. The number of benzene rings is 1. The van der Waals surface area contributed by atoms with E-state index in [2.05, 4.69) is 20.7 Å². The highest BCUT2D eigenvalue weighted by atomic mass is 16.2. The summed E-state index contributed by atoms with van der Waals surface area (Å²) in [5.74, 6) is -0.970. The first-order valence-corrected chi connectivity index (χ1v) is 5.67. The number of piperidine rings is 1. The Balaban J connectivity index is 2.09. The summed E-state index contributed by atoms with van der Waals surface area (Å²) >= 11 is 0. The lowest BCUT2D eigenvalue weighted by atomic mass is 9.92. The molecule has 1 atom stereocenters. The lowest BCUT2D eigenvalue weighted by molar-refractivity contribution is -0.134. The Hall–Kier alpha value is -2.37. The van der Waals surface area contributed by atoms with E-state index in [1.54, 1.807) is 0 Å². The molecule has 1 fully saturated rings. The normalized spacial score (nSPS) is 19.9. The van der Waals surface area contributed by atoms with Crippen LogP contribution < -0.4 is 5.32 Å². The van der Waals surface area contributed by atoms with Crippen molar-refractivity contribution in [2.45, 2.75) is 18.8 Å². The summed E-state index contributed by atoms with van der Waals surface area (Å²) in [6.45, 7) is 0. The maximum atomic E-state index is 11.8. The van der Waals surface area contributed by atoms with Crippen molar-refractivity contribution in [3.63, 3.8) is 0 Å². The van der Waals surface area contributed by atoms with Crippen LogP contribution in [-0.2, 0) is 9.59 Å². The third-order valence-corrected chi connectivity index (χ3v) is 3.05. The monoisotopic (exact) mass is 242 g/mol. The van der Waals surface area contributed by atoms with Crippen molar-refractivity contribution in [1.82, 2.24) is 20.7 Å². The molecular weight excluding hydrogens is 232 g/mol. The summed E-state index contributed by atoms with van der Waals surface area (Å²) in [5.41, 5.74) is 1.29. The van der Waals surface area contributed by atoms with E-state index >= 15 is 0 Å². The molecule has 2 aromatic rings. The van der Waals surface area contributed by atoms with E-state index in [1.807, 2.05) is 24.3 Å². The quantitative estimate of drug-likeness (QED) is 0.738. The minimum atomic E-state index is -0.428. The van der Waals surface area contributed by atoms with Crippen LogP contribution in [0.5, 0.6) is 0 Å². The van der Waals surface area contributed by atoms with Gasteiger partial charge in [0.1, 0.15) is 0 Å². The van der Waals surface area contributed by atoms with Gasteiger partial charge < -0.3 is 0 Å². The van der Waals surface area contributed by atoms with Crippen molar-refractivity contribution in [1.29, 1.82) is 0 Å². The summed E-state index contributed by atoms with van der Waals surface area (Å²) in [6.07, 6.45) is 0.794. The highest BCUT2D eigenvalue weighted by Gasteiger charge is 2.30. The van der Waals surface area contributed by atoms with Crippen LogP contribution in [0.15, 0.2) is 24.3 Å². The zero-order valence-electron chi connectivity index (χ0n) is 9.46. The van der Waals surface area contributed by atoms with E-state index in [0.29, 0.717) is 24.1 Å². The number of hydrogen-bond acceptors (Lipinski definition) is 5. The number of carbonyl (C=O) groups excluding carboxylic acids is 2. The van der Waals surface area contributed by atoms with E-state index in [-0.39, 0.29) is 11.8 Å². The molecule has 0 aliphatic carbocycles. The molecule has 1 saturated heterocycles. The molecule has 90 valence electrons. The third kappa shape index (κ3) is 1.71. The second-order valence-corrected chi connectivity index (χ2v) is 4.20. The summed E-state index contributed by atoms with van der Waals surface area (Å²) in [5, 5.41) is 14.7. The summed E-state index contributed by atoms with van der Waals surface area (Å²) < 4.78 is 0. The standard InChI is InChI=1S/C12H10N4O2/c17-10-6-5-8(12(18)13-10)11-7-3-1-2-4-9(7)14-16-15-11/h1-4,8H,5-6H2,(H,13,17,18). The maximum Gasteiger partial charge on any atom is 0.235 e. The molecule has 0 bridgehead atoms. The second-order valence-electron chi connectivity index (χ2n) is 4.20. The molecule has 1 aromatic heterocycles. The first-order chi connectivity index (χ1) is 8.75. The second kappa shape index (κ2) is 4.14. The zero-order valence-corrected chi connectivity index (χ0v) is 9.46. The number of fused-ring (bicyclic) bond motifs is 1. The van der Waals surface area contributed by atoms with Gasteiger partial charge in [-0.15, -0.1) is 10.2 Å². The molecule has 1 aliphatic rings. The van der Waals surface area contributed by atoms with Gasteiger partial charge in [-0.1, -0.05) is 18.2 Å². The number of imide groups is 1. The van der Waals surface area contributed by atoms with Gasteiger partial charge in [0.25, 0.3) is 0 Å². The van der Waals surface area contributed by atoms with Crippen LogP contribution in [0.1, 0.15) is 24.5 Å². The summed E-state index contributed by atoms with van der Waals surface area (Å²) in [6, 6.07) is 7.39. The van der Waals surface area contributed by atoms with Crippen molar-refractivity contribution in [2.24, 2.45) is 0 Å². The van der Waals surface area contributed by atoms with Gasteiger partial charge in [-0.25, -0.2) is 0 Å². The third-order valence-electron chi connectivity index (χ3n) is 3.05. The molecule has 0 saturated carbocycles. The van der Waals surface area contributed by atoms with Gasteiger partial charge in [0.05, 0.1) is 17.1 Å². The summed E-state index contributed by atoms with van der Waals surface area (Å²) in [7, 11) is 0. The first-order valence-electron chi connectivity index (χ1n) is 5.67. The molecule has 1 N–H and O–H groups in total. The maximum absolute atomic E-state index is 11.8. The fourth-order valence-electron chi connectivity index (χ4n) is 2.16. The molecular formula is C12H10N4O2. The molecule has 1 aliphatic heterocycles. The van der Waals surface area contributed by atoms with E-state index < -0.39 is 5.92 Å². The Morgan fingerprint density at radius 1 is 1.17 bits per heavy atom. The Kier molecular flexibility index (Phi) is 2.47. The number of hydrogen-bond donors (Lipinski definition) is 1. The highest BCUT2D eigenvalue weighted by Crippen LogP contribution is 2.27. The largest absolute Gasteiger partial charge is 0.296 e. The van der Waals surface area contributed by atoms with Gasteiger partial charge in [-0.3, -0.25) is 14.9 Å². The number of amides is 2. The van der Waals surface area contributed by atoms with Gasteiger partial charge in [0, 0.05) is 11.8 Å². The molecule has 2 heterocycles. The van der Waals surface area contributed by atoms with Gasteiger partial charge in [0.15, 0.2) is 0 Å². The SMILES string of the molecule is O=C1CCC(c2nnnc3ccccc23)C(=O)N1. The van der Waals surface area contributed by atoms with Crippen LogP contribution in [0.4, 0.5) is 0 Å². The first kappa shape index (κ1) is 10.8. The van der Waals surface area contributed by atoms with Gasteiger partial charge in [0.2, 0.25) is 11.8 Å². The average Bonchev–Trinajstić information content (AvgIpc) is 2.38. The van der Waals surface area contributed by atoms with Crippen molar-refractivity contribution >= 4 is 22.7 Å². The Bertz CT molecular complexity index is 636. The smallest absolute Gasteiger partial charge is 0.235 e. The fraction of sp³-hybridized carbons (Fsp3) is 0.250. The van der Waals surface area contributed by atoms with Gasteiger partial charge in [-0.05, 0) is 17.7 Å². The molecule has 18 heavy (non-hydrogen) atoms. The zero-order chi connectivity index (χ0) is 12.5. The lowest BCUT2D eigenvalue weighted by Gasteiger charge is -2.20. The van der Waals surface area contributed by atoms with Crippen molar-refractivity contribution in [2.75, 3.05) is 0 Å². The predicted octanol–water partition coefficient (Wildman–Crippen LogP) is 0.545. The molecule has 1 unspecified atom stereocenters. The van der Waals surface area contributed by atoms with Crippen LogP contribution >= 0.6 is 0 Å². The molecule has 0 spiro atoms. The predicted molar refractivity (Wildman–Crippen MR) is 62.5 cm³/mol. The van der Waals surface area contributed by atoms with Gasteiger partial charge in [-0.2, -0.15) is 0 Å². The van der Waals surface area contributed by atoms with Crippen LogP contribution in [0.2, 0.25) is 0 Å². The number of nitrogens with one attached hydrogen (secondary N) is 1. The lowest BCUT2D eigenvalue weighted by Crippen LogP contribution is -2.39. The average molecular weight is 242 g/mol. The topological polar surface area (TPSA) is 84.8 Å². The van der Waals surface area contributed by atoms with Crippen LogP contribution in [0.25, 0.3) is 10.9 Å². The number of aromatic nitrogens is 3. The Morgan fingerprint density at radius 2 is 2.00 bits per heavy atom. The number of carbonyl (C=O) groups is 2. The number of rotatable bonds is 1. The van der Waals surface area contributed by atoms with E-state index in [9.17, 15) is 9.59 Å². The molecule has 6 heteroatoms. The van der Waals surface area contributed by atoms with E-state index in [1.165, 1.54) is 0 Å². The fourth-order valence-corrected chi connectivity index (χ4v) is 2.16. The molecule has 2 amide bonds. The minimum absolute atomic E-state index is 0.234. The Morgan fingerprint density at radius 3 is 2.83 bits per heavy atom. The molecule has 6 nitrogen and oxygen atoms in total. The Labute approximate surface area is 102 Å². The molecule has 0 radical (unpaired) electrons. The van der Waals surface area contributed by atoms with Crippen LogP contribution in [-0.4, -0.2) is 27.2 Å². The van der Waals surface area contributed by atoms with Crippen LogP contribution in [0, 0.1) is 0 Å².